The van der Waals surface area contributed by atoms with Gasteiger partial charge in [0.25, 0.3) is 0 Å². The van der Waals surface area contributed by atoms with Gasteiger partial charge in [-0.25, -0.2) is 14.6 Å². The molecule has 0 bridgehead atoms. The van der Waals surface area contributed by atoms with Gasteiger partial charge in [0.05, 0.1) is 6.10 Å². The van der Waals surface area contributed by atoms with Crippen LogP contribution in [-0.2, 0) is 23.0 Å². The van der Waals surface area contributed by atoms with Crippen molar-refractivity contribution in [2.24, 2.45) is 7.05 Å². The van der Waals surface area contributed by atoms with Crippen LogP contribution in [0.1, 0.15) is 18.7 Å². The second kappa shape index (κ2) is 7.07. The van der Waals surface area contributed by atoms with E-state index in [1.807, 2.05) is 17.8 Å². The van der Waals surface area contributed by atoms with Gasteiger partial charge in [-0.1, -0.05) is 0 Å². The van der Waals surface area contributed by atoms with Gasteiger partial charge in [0.15, 0.2) is 6.10 Å². The molecule has 0 radical (unpaired) electrons. The van der Waals surface area contributed by atoms with E-state index in [9.17, 15) is 9.59 Å². The van der Waals surface area contributed by atoms with E-state index in [1.165, 1.54) is 0 Å². The molecule has 1 aliphatic heterocycles. The van der Waals surface area contributed by atoms with E-state index in [4.69, 9.17) is 9.84 Å². The summed E-state index contributed by atoms with van der Waals surface area (Å²) in [7, 11) is 1.90. The van der Waals surface area contributed by atoms with E-state index in [0.29, 0.717) is 32.4 Å². The number of hydrogen-bond donors (Lipinski definition) is 3. The molecule has 116 valence electrons. The summed E-state index contributed by atoms with van der Waals surface area (Å²) >= 11 is 0. The Kier molecular flexibility index (Phi) is 5.15. The van der Waals surface area contributed by atoms with Crippen molar-refractivity contribution in [3.05, 3.63) is 18.2 Å². The number of carboxylic acid groups (broad SMARTS) is 1. The first kappa shape index (κ1) is 15.3. The highest BCUT2D eigenvalue weighted by molar-refractivity contribution is 5.74. The largest absolute Gasteiger partial charge is 0.479 e. The van der Waals surface area contributed by atoms with Crippen LogP contribution in [0.5, 0.6) is 0 Å². The quantitative estimate of drug-likeness (QED) is 0.679. The molecule has 2 heterocycles. The van der Waals surface area contributed by atoms with E-state index in [0.717, 1.165) is 5.82 Å². The Morgan fingerprint density at radius 2 is 2.29 bits per heavy atom. The van der Waals surface area contributed by atoms with Crippen molar-refractivity contribution < 1.29 is 19.4 Å². The van der Waals surface area contributed by atoms with Crippen LogP contribution in [0.2, 0.25) is 0 Å². The minimum absolute atomic E-state index is 0.230. The molecule has 0 aliphatic carbocycles. The summed E-state index contributed by atoms with van der Waals surface area (Å²) in [6.07, 6.45) is 4.37. The van der Waals surface area contributed by atoms with E-state index < -0.39 is 12.1 Å². The summed E-state index contributed by atoms with van der Waals surface area (Å²) < 4.78 is 7.20. The molecule has 1 saturated heterocycles. The number of hydrogen-bond acceptors (Lipinski definition) is 4. The number of ether oxygens (including phenoxy) is 1. The number of carboxylic acids is 1. The Balaban J connectivity index is 1.60. The Bertz CT molecular complexity index is 502. The van der Waals surface area contributed by atoms with Crippen LogP contribution in [0.3, 0.4) is 0 Å². The molecule has 2 rings (SSSR count). The zero-order valence-electron chi connectivity index (χ0n) is 11.9. The molecule has 2 amide bonds. The lowest BCUT2D eigenvalue weighted by atomic mass is 10.2. The maximum atomic E-state index is 11.6. The van der Waals surface area contributed by atoms with Gasteiger partial charge >= 0.3 is 12.0 Å². The fourth-order valence-electron chi connectivity index (χ4n) is 2.23. The number of urea groups is 1. The third kappa shape index (κ3) is 4.45. The first-order valence-corrected chi connectivity index (χ1v) is 6.92. The van der Waals surface area contributed by atoms with Gasteiger partial charge in [-0.05, 0) is 12.8 Å². The lowest BCUT2D eigenvalue weighted by Crippen LogP contribution is -2.40. The van der Waals surface area contributed by atoms with Crippen molar-refractivity contribution in [1.82, 2.24) is 20.2 Å². The molecule has 1 aromatic rings. The van der Waals surface area contributed by atoms with Crippen LogP contribution in [0.25, 0.3) is 0 Å². The third-order valence-electron chi connectivity index (χ3n) is 3.43. The van der Waals surface area contributed by atoms with Gasteiger partial charge in [0.1, 0.15) is 5.82 Å². The monoisotopic (exact) mass is 296 g/mol. The highest BCUT2D eigenvalue weighted by Crippen LogP contribution is 2.19. The zero-order chi connectivity index (χ0) is 15.2. The van der Waals surface area contributed by atoms with E-state index in [-0.39, 0.29) is 12.1 Å². The Morgan fingerprint density at radius 3 is 2.90 bits per heavy atom. The average molecular weight is 296 g/mol. The van der Waals surface area contributed by atoms with Gasteiger partial charge < -0.3 is 25.0 Å². The van der Waals surface area contributed by atoms with Crippen LogP contribution in [0.4, 0.5) is 4.79 Å². The molecule has 0 aromatic carbocycles. The third-order valence-corrected chi connectivity index (χ3v) is 3.43. The number of nitrogens with one attached hydrogen (secondary N) is 2. The first-order chi connectivity index (χ1) is 10.1. The predicted octanol–water partition coefficient (Wildman–Crippen LogP) is -0.106. The molecule has 8 nitrogen and oxygen atoms in total. The van der Waals surface area contributed by atoms with Gasteiger partial charge in [0.2, 0.25) is 0 Å². The van der Waals surface area contributed by atoms with Crippen molar-refractivity contribution in [3.63, 3.8) is 0 Å². The molecule has 1 aromatic heterocycles. The summed E-state index contributed by atoms with van der Waals surface area (Å²) in [5.74, 6) is -0.0456. The highest BCUT2D eigenvalue weighted by atomic mass is 16.5. The van der Waals surface area contributed by atoms with Gasteiger partial charge in [0, 0.05) is 39.0 Å². The Hall–Kier alpha value is -2.09. The van der Waals surface area contributed by atoms with Crippen molar-refractivity contribution in [2.45, 2.75) is 31.5 Å². The minimum atomic E-state index is -0.947. The zero-order valence-corrected chi connectivity index (χ0v) is 11.9. The fourth-order valence-corrected chi connectivity index (χ4v) is 2.23. The summed E-state index contributed by atoms with van der Waals surface area (Å²) in [4.78, 5) is 26.5. The number of carbonyl (C=O) groups excluding carboxylic acids is 1. The second-order valence-corrected chi connectivity index (χ2v) is 5.00. The molecule has 1 fully saturated rings. The number of aryl methyl sites for hydroxylation is 1. The number of carbonyl (C=O) groups is 2. The SMILES string of the molecule is Cn1ccnc1CCNC(=O)NCC1CCC(C(=O)O)O1. The standard InChI is InChI=1S/C13H20N4O4/c1-17-7-6-14-11(17)4-5-15-13(20)16-8-9-2-3-10(21-9)12(18)19/h6-7,9-10H,2-5,8H2,1H3,(H,18,19)(H2,15,16,20). The molecule has 3 N–H and O–H groups in total. The van der Waals surface area contributed by atoms with Gasteiger partial charge in [-0.2, -0.15) is 0 Å². The smallest absolute Gasteiger partial charge is 0.332 e. The fraction of sp³-hybridized carbons (Fsp3) is 0.615. The average Bonchev–Trinajstić information content (AvgIpc) is 3.06. The number of aromatic nitrogens is 2. The number of amides is 2. The number of nitrogens with zero attached hydrogens (tertiary/aromatic N) is 2. The highest BCUT2D eigenvalue weighted by Gasteiger charge is 2.30. The Labute approximate surface area is 122 Å². The van der Waals surface area contributed by atoms with Crippen LogP contribution >= 0.6 is 0 Å². The Morgan fingerprint density at radius 1 is 1.48 bits per heavy atom. The van der Waals surface area contributed by atoms with Gasteiger partial charge in [-0.15, -0.1) is 0 Å². The second-order valence-electron chi connectivity index (χ2n) is 5.00. The maximum absolute atomic E-state index is 11.6. The molecule has 21 heavy (non-hydrogen) atoms. The van der Waals surface area contributed by atoms with Crippen molar-refractivity contribution in [3.8, 4) is 0 Å². The van der Waals surface area contributed by atoms with Crippen LogP contribution in [0.15, 0.2) is 12.4 Å². The molecule has 2 atom stereocenters. The molecule has 1 aliphatic rings. The van der Waals surface area contributed by atoms with Crippen molar-refractivity contribution in [2.75, 3.05) is 13.1 Å². The molecule has 8 heteroatoms. The molecular formula is C13H20N4O4. The lowest BCUT2D eigenvalue weighted by molar-refractivity contribution is -0.149. The predicted molar refractivity (Wildman–Crippen MR) is 73.8 cm³/mol. The van der Waals surface area contributed by atoms with E-state index in [1.54, 1.807) is 6.20 Å². The number of imidazole rings is 1. The van der Waals surface area contributed by atoms with E-state index in [2.05, 4.69) is 15.6 Å². The number of aliphatic carboxylic acids is 1. The molecule has 0 saturated carbocycles. The topological polar surface area (TPSA) is 105 Å². The number of rotatable bonds is 6. The summed E-state index contributed by atoms with van der Waals surface area (Å²) in [6, 6.07) is -0.286. The first-order valence-electron chi connectivity index (χ1n) is 6.92. The van der Waals surface area contributed by atoms with Crippen molar-refractivity contribution >= 4 is 12.0 Å². The van der Waals surface area contributed by atoms with Crippen LogP contribution in [0, 0.1) is 0 Å². The summed E-state index contributed by atoms with van der Waals surface area (Å²) in [5.41, 5.74) is 0. The van der Waals surface area contributed by atoms with Crippen molar-refractivity contribution in [1.29, 1.82) is 0 Å². The molecule has 0 spiro atoms. The van der Waals surface area contributed by atoms with Crippen LogP contribution in [-0.4, -0.2) is 52.0 Å². The lowest BCUT2D eigenvalue weighted by Gasteiger charge is -2.13. The summed E-state index contributed by atoms with van der Waals surface area (Å²) in [6.45, 7) is 0.804. The normalized spacial score (nSPS) is 21.2. The molecular weight excluding hydrogens is 276 g/mol. The maximum Gasteiger partial charge on any atom is 0.332 e. The minimum Gasteiger partial charge on any atom is -0.479 e. The van der Waals surface area contributed by atoms with Crippen LogP contribution < -0.4 is 10.6 Å². The van der Waals surface area contributed by atoms with Gasteiger partial charge in [-0.3, -0.25) is 0 Å². The molecule has 2 unspecified atom stereocenters. The summed E-state index contributed by atoms with van der Waals surface area (Å²) in [5, 5.41) is 14.2. The van der Waals surface area contributed by atoms with E-state index >= 15 is 0 Å².